The molecule has 0 radical (unpaired) electrons. The molecule has 0 spiro atoms. The van der Waals surface area contributed by atoms with Gasteiger partial charge in [0.25, 0.3) is 0 Å². The summed E-state index contributed by atoms with van der Waals surface area (Å²) in [7, 11) is -2.54. The van der Waals surface area contributed by atoms with Gasteiger partial charge in [-0.3, -0.25) is 0 Å². The summed E-state index contributed by atoms with van der Waals surface area (Å²) in [6.45, 7) is 0. The zero-order valence-corrected chi connectivity index (χ0v) is 19.5. The van der Waals surface area contributed by atoms with Crippen molar-refractivity contribution in [3.05, 3.63) is 114 Å². The maximum absolute atomic E-state index is 15.5. The fraction of sp³-hybridized carbons (Fsp3) is 0.0714. The first-order valence-electron chi connectivity index (χ1n) is 10.9. The molecule has 0 atom stereocenters. The lowest BCUT2D eigenvalue weighted by molar-refractivity contribution is -0.140. The molecule has 5 aromatic rings. The summed E-state index contributed by atoms with van der Waals surface area (Å²) in [5, 5.41) is 1.73. The first kappa shape index (κ1) is 25.2. The number of hydrogen-bond acceptors (Lipinski definition) is 0. The lowest BCUT2D eigenvalue weighted by atomic mass is 10.0. The summed E-state index contributed by atoms with van der Waals surface area (Å²) in [6.07, 6.45) is -10.1. The van der Waals surface area contributed by atoms with E-state index in [2.05, 4.69) is 0 Å². The van der Waals surface area contributed by atoms with Gasteiger partial charge in [0, 0.05) is 10.6 Å². The van der Waals surface area contributed by atoms with E-state index in [0.29, 0.717) is 28.3 Å². The van der Waals surface area contributed by atoms with E-state index in [1.807, 2.05) is 6.07 Å². The van der Waals surface area contributed by atoms with Gasteiger partial charge in [-0.2, -0.15) is 26.3 Å². The van der Waals surface area contributed by atoms with Crippen molar-refractivity contribution in [2.75, 3.05) is 0 Å². The van der Waals surface area contributed by atoms with Gasteiger partial charge in [0.2, 0.25) is 0 Å². The molecule has 0 unspecified atom stereocenters. The summed E-state index contributed by atoms with van der Waals surface area (Å²) >= 11 is 0. The van der Waals surface area contributed by atoms with Gasteiger partial charge in [-0.15, -0.1) is 0 Å². The number of fused-ring (bicyclic) bond motifs is 3. The van der Waals surface area contributed by atoms with Crippen molar-refractivity contribution in [2.24, 2.45) is 0 Å². The minimum absolute atomic E-state index is 0.237. The molecule has 0 bridgehead atoms. The predicted molar refractivity (Wildman–Crippen MR) is 130 cm³/mol. The number of rotatable bonds is 3. The molecular weight excluding hydrogens is 519 g/mol. The van der Waals surface area contributed by atoms with E-state index >= 15 is 8.78 Å². The van der Waals surface area contributed by atoms with Crippen LogP contribution in [-0.4, -0.2) is 0 Å². The Kier molecular flexibility index (Phi) is 6.19. The van der Waals surface area contributed by atoms with Gasteiger partial charge < -0.3 is 0 Å². The normalized spacial score (nSPS) is 12.6. The highest BCUT2D eigenvalue weighted by Crippen LogP contribution is 2.43. The summed E-state index contributed by atoms with van der Waals surface area (Å²) in [5.41, 5.74) is -3.15. The van der Waals surface area contributed by atoms with Crippen molar-refractivity contribution in [1.82, 2.24) is 0 Å². The second-order valence-corrected chi connectivity index (χ2v) is 10.4. The van der Waals surface area contributed by atoms with Crippen LogP contribution in [0, 0.1) is 11.6 Å². The highest BCUT2D eigenvalue weighted by Gasteiger charge is 2.39. The average Bonchev–Trinajstić information content (AvgIpc) is 2.84. The first-order valence-corrected chi connectivity index (χ1v) is 12.2. The van der Waals surface area contributed by atoms with Crippen LogP contribution in [0.4, 0.5) is 35.1 Å². The van der Waals surface area contributed by atoms with Crippen molar-refractivity contribution in [3.8, 4) is 0 Å². The Morgan fingerprint density at radius 1 is 0.459 bits per heavy atom. The molecule has 188 valence electrons. The molecule has 0 saturated carbocycles. The van der Waals surface area contributed by atoms with Gasteiger partial charge in [-0.05, 0) is 53.0 Å². The third-order valence-electron chi connectivity index (χ3n) is 6.04. The molecule has 0 aromatic heterocycles. The molecule has 0 heterocycles. The molecule has 0 aliphatic carbocycles. The maximum Gasteiger partial charge on any atom is 0.419 e. The van der Waals surface area contributed by atoms with Gasteiger partial charge in [-0.25, -0.2) is 8.78 Å². The second kappa shape index (κ2) is 9.10. The fourth-order valence-electron chi connectivity index (χ4n) is 4.43. The summed E-state index contributed by atoms with van der Waals surface area (Å²) < 4.78 is 113. The molecule has 5 aromatic carbocycles. The van der Waals surface area contributed by atoms with Crippen LogP contribution in [0.15, 0.2) is 91.0 Å². The number of hydrogen-bond donors (Lipinski definition) is 0. The molecule has 0 N–H and O–H groups in total. The molecule has 9 heteroatoms. The van der Waals surface area contributed by atoms with Gasteiger partial charge >= 0.3 is 12.4 Å². The molecule has 5 rings (SSSR count). The van der Waals surface area contributed by atoms with Crippen LogP contribution in [0.2, 0.25) is 0 Å². The van der Waals surface area contributed by atoms with E-state index in [0.717, 1.165) is 29.7 Å². The van der Waals surface area contributed by atoms with Gasteiger partial charge in [0.05, 0.1) is 11.1 Å². The molecule has 37 heavy (non-hydrogen) atoms. The van der Waals surface area contributed by atoms with Gasteiger partial charge in [0.15, 0.2) is 0 Å². The zero-order valence-electron chi connectivity index (χ0n) is 18.6. The van der Waals surface area contributed by atoms with Crippen LogP contribution in [0.5, 0.6) is 0 Å². The van der Waals surface area contributed by atoms with Crippen LogP contribution in [0.1, 0.15) is 11.1 Å². The fourth-order valence-corrected chi connectivity index (χ4v) is 7.02. The highest BCUT2D eigenvalue weighted by molar-refractivity contribution is 7.80. The van der Waals surface area contributed by atoms with E-state index in [1.165, 1.54) is 0 Å². The Bertz CT molecular complexity index is 1570. The molecule has 0 amide bonds. The minimum atomic E-state index is -5.06. The second-order valence-electron chi connectivity index (χ2n) is 8.27. The predicted octanol–water partition coefficient (Wildman–Crippen LogP) is 8.07. The Labute approximate surface area is 206 Å². The standard InChI is InChI=1S/C28H15F8P/c29-25-20(27(31,32)33)11-5-13-22(25)37(23-14-6-12-21(26(23)30)28(34,35)36)24-15-16-7-1-2-8-17(16)18-9-3-4-10-19(18)24/h1-15H. The molecule has 0 aliphatic rings. The minimum Gasteiger partial charge on any atom is -0.206 e. The van der Waals surface area contributed by atoms with E-state index < -0.39 is 53.6 Å². The lowest BCUT2D eigenvalue weighted by Gasteiger charge is -2.25. The molecule has 0 aliphatic heterocycles. The third-order valence-corrected chi connectivity index (χ3v) is 8.54. The average molecular weight is 534 g/mol. The van der Waals surface area contributed by atoms with Crippen molar-refractivity contribution < 1.29 is 35.1 Å². The number of alkyl halides is 6. The largest absolute Gasteiger partial charge is 0.419 e. The van der Waals surface area contributed by atoms with Gasteiger partial charge in [-0.1, -0.05) is 72.8 Å². The monoisotopic (exact) mass is 534 g/mol. The SMILES string of the molecule is Fc1c(P(c2cccc(C(F)(F)F)c2F)c2cc3ccccc3c3ccccc23)cccc1C(F)(F)F. The number of halogens is 8. The highest BCUT2D eigenvalue weighted by atomic mass is 31.1. The van der Waals surface area contributed by atoms with Crippen LogP contribution < -0.4 is 15.9 Å². The molecular formula is C28H15F8P. The summed E-state index contributed by atoms with van der Waals surface area (Å²) in [4.78, 5) is 0. The van der Waals surface area contributed by atoms with E-state index in [1.54, 1.807) is 48.5 Å². The Hall–Kier alpha value is -3.51. The summed E-state index contributed by atoms with van der Waals surface area (Å²) in [5.74, 6) is -3.29. The quantitative estimate of drug-likeness (QED) is 0.125. The topological polar surface area (TPSA) is 0 Å². The Balaban J connectivity index is 1.92. The Morgan fingerprint density at radius 3 is 1.43 bits per heavy atom. The molecule has 0 fully saturated rings. The van der Waals surface area contributed by atoms with Crippen LogP contribution in [-0.2, 0) is 12.4 Å². The molecule has 0 nitrogen and oxygen atoms in total. The van der Waals surface area contributed by atoms with E-state index in [9.17, 15) is 26.3 Å². The number of benzene rings is 5. The third kappa shape index (κ3) is 4.44. The van der Waals surface area contributed by atoms with Crippen LogP contribution in [0.25, 0.3) is 21.5 Å². The Morgan fingerprint density at radius 2 is 0.919 bits per heavy atom. The maximum atomic E-state index is 15.5. The first-order chi connectivity index (χ1) is 17.5. The van der Waals surface area contributed by atoms with Crippen molar-refractivity contribution >= 4 is 45.4 Å². The van der Waals surface area contributed by atoms with Crippen molar-refractivity contribution in [2.45, 2.75) is 12.4 Å². The molecule has 0 saturated heterocycles. The van der Waals surface area contributed by atoms with Gasteiger partial charge in [0.1, 0.15) is 11.6 Å². The lowest BCUT2D eigenvalue weighted by Crippen LogP contribution is -2.29. The smallest absolute Gasteiger partial charge is 0.206 e. The van der Waals surface area contributed by atoms with Crippen molar-refractivity contribution in [1.29, 1.82) is 0 Å². The van der Waals surface area contributed by atoms with E-state index in [-0.39, 0.29) is 5.30 Å². The summed E-state index contributed by atoms with van der Waals surface area (Å²) in [6, 6.07) is 20.6. The van der Waals surface area contributed by atoms with Crippen LogP contribution in [0.3, 0.4) is 0 Å². The van der Waals surface area contributed by atoms with Crippen molar-refractivity contribution in [3.63, 3.8) is 0 Å². The van der Waals surface area contributed by atoms with Crippen LogP contribution >= 0.6 is 7.92 Å². The van der Waals surface area contributed by atoms with E-state index in [4.69, 9.17) is 0 Å². The zero-order chi connectivity index (χ0) is 26.5.